The van der Waals surface area contributed by atoms with Gasteiger partial charge >= 0.3 is 12.1 Å². The molecule has 0 aliphatic carbocycles. The molecule has 0 spiro atoms. The zero-order valence-corrected chi connectivity index (χ0v) is 19.8. The van der Waals surface area contributed by atoms with Crippen LogP contribution in [0.25, 0.3) is 0 Å². The largest absolute Gasteiger partial charge is 0.454 e. The Hall–Kier alpha value is -3.68. The van der Waals surface area contributed by atoms with Crippen molar-refractivity contribution in [3.8, 4) is 0 Å². The smallest absolute Gasteiger partial charge is 0.408 e. The molecular formula is C26H32N2O6. The second kappa shape index (κ2) is 13.8. The minimum Gasteiger partial charge on any atom is -0.454 e. The number of Topliss-reactive ketones (excluding diaryl/α,β-unsaturated/α-hetero) is 1. The van der Waals surface area contributed by atoms with Crippen LogP contribution in [-0.4, -0.2) is 42.4 Å². The van der Waals surface area contributed by atoms with Crippen LogP contribution in [0, 0.1) is 5.92 Å². The number of benzene rings is 2. The topological polar surface area (TPSA) is 111 Å². The molecule has 0 aromatic heterocycles. The number of rotatable bonds is 12. The average Bonchev–Trinajstić information content (AvgIpc) is 2.85. The Morgan fingerprint density at radius 3 is 2.00 bits per heavy atom. The van der Waals surface area contributed by atoms with Gasteiger partial charge in [-0.1, -0.05) is 80.9 Å². The van der Waals surface area contributed by atoms with E-state index in [1.54, 1.807) is 6.92 Å². The molecule has 2 amide bonds. The summed E-state index contributed by atoms with van der Waals surface area (Å²) in [5.41, 5.74) is 1.71. The zero-order chi connectivity index (χ0) is 24.9. The van der Waals surface area contributed by atoms with Gasteiger partial charge in [0.1, 0.15) is 12.6 Å². The fourth-order valence-corrected chi connectivity index (χ4v) is 3.17. The first kappa shape index (κ1) is 26.6. The highest BCUT2D eigenvalue weighted by Crippen LogP contribution is 2.11. The summed E-state index contributed by atoms with van der Waals surface area (Å²) in [7, 11) is 0. The Bertz CT molecular complexity index is 948. The fraction of sp³-hybridized carbons (Fsp3) is 0.385. The van der Waals surface area contributed by atoms with E-state index in [1.165, 1.54) is 6.92 Å². The van der Waals surface area contributed by atoms with Crippen molar-refractivity contribution in [2.24, 2.45) is 5.92 Å². The second-order valence-electron chi connectivity index (χ2n) is 8.10. The van der Waals surface area contributed by atoms with Crippen molar-refractivity contribution < 1.29 is 28.7 Å². The minimum atomic E-state index is -0.978. The molecule has 2 rings (SSSR count). The van der Waals surface area contributed by atoms with Gasteiger partial charge in [-0.25, -0.2) is 9.59 Å². The third-order valence-corrected chi connectivity index (χ3v) is 5.41. The lowest BCUT2D eigenvalue weighted by molar-refractivity contribution is -0.152. The van der Waals surface area contributed by atoms with Crippen LogP contribution in [-0.2, 0) is 36.9 Å². The molecule has 2 aromatic carbocycles. The van der Waals surface area contributed by atoms with Gasteiger partial charge in [0, 0.05) is 0 Å². The number of hydrogen-bond acceptors (Lipinski definition) is 6. The van der Waals surface area contributed by atoms with Crippen molar-refractivity contribution in [3.63, 3.8) is 0 Å². The molecule has 0 bridgehead atoms. The highest BCUT2D eigenvalue weighted by molar-refractivity contribution is 5.89. The minimum absolute atomic E-state index is 0.0607. The van der Waals surface area contributed by atoms with Crippen LogP contribution in [0.1, 0.15) is 38.3 Å². The second-order valence-corrected chi connectivity index (χ2v) is 8.10. The summed E-state index contributed by atoms with van der Waals surface area (Å²) in [5, 5.41) is 5.14. The maximum Gasteiger partial charge on any atom is 0.408 e. The standard InChI is InChI=1S/C26H32N2O6/c1-4-18(2)24(28-26(32)34-16-21-13-9-6-10-14-21)25(31)33-17-23(30)27-22(19(3)29)15-20-11-7-5-8-12-20/h5-14,18,22,24H,4,15-17H2,1-3H3,(H,27,30)(H,28,32)/t18-,22-,24+/m0/s1. The van der Waals surface area contributed by atoms with Crippen LogP contribution >= 0.6 is 0 Å². The van der Waals surface area contributed by atoms with E-state index < -0.39 is 36.7 Å². The summed E-state index contributed by atoms with van der Waals surface area (Å²) >= 11 is 0. The number of carbonyl (C=O) groups excluding carboxylic acids is 4. The third kappa shape index (κ3) is 9.05. The van der Waals surface area contributed by atoms with E-state index in [0.29, 0.717) is 12.8 Å². The van der Waals surface area contributed by atoms with Gasteiger partial charge in [0.15, 0.2) is 12.4 Å². The molecular weight excluding hydrogens is 436 g/mol. The number of amides is 2. The van der Waals surface area contributed by atoms with E-state index in [2.05, 4.69) is 10.6 Å². The van der Waals surface area contributed by atoms with Crippen LogP contribution in [0.15, 0.2) is 60.7 Å². The van der Waals surface area contributed by atoms with Gasteiger partial charge in [-0.05, 0) is 30.4 Å². The summed E-state index contributed by atoms with van der Waals surface area (Å²) in [6.07, 6.45) is 0.171. The lowest BCUT2D eigenvalue weighted by atomic mass is 9.99. The van der Waals surface area contributed by atoms with Crippen molar-refractivity contribution in [2.75, 3.05) is 6.61 Å². The maximum absolute atomic E-state index is 12.6. The molecule has 0 fully saturated rings. The maximum atomic E-state index is 12.6. The first-order chi connectivity index (χ1) is 16.3. The molecule has 34 heavy (non-hydrogen) atoms. The summed E-state index contributed by atoms with van der Waals surface area (Å²) in [6, 6.07) is 16.7. The summed E-state index contributed by atoms with van der Waals surface area (Å²) in [6.45, 7) is 4.55. The molecule has 2 N–H and O–H groups in total. The van der Waals surface area contributed by atoms with Crippen LogP contribution in [0.3, 0.4) is 0 Å². The van der Waals surface area contributed by atoms with Crippen LogP contribution in [0.5, 0.6) is 0 Å². The van der Waals surface area contributed by atoms with E-state index in [4.69, 9.17) is 9.47 Å². The van der Waals surface area contributed by atoms with Gasteiger partial charge in [-0.2, -0.15) is 0 Å². The molecule has 182 valence electrons. The summed E-state index contributed by atoms with van der Waals surface area (Å²) < 4.78 is 10.3. The molecule has 0 aliphatic rings. The molecule has 3 atom stereocenters. The molecule has 2 aromatic rings. The van der Waals surface area contributed by atoms with Crippen molar-refractivity contribution in [3.05, 3.63) is 71.8 Å². The monoisotopic (exact) mass is 468 g/mol. The van der Waals surface area contributed by atoms with Gasteiger partial charge in [0.2, 0.25) is 0 Å². The van der Waals surface area contributed by atoms with Gasteiger partial charge in [0.05, 0.1) is 6.04 Å². The first-order valence-electron chi connectivity index (χ1n) is 11.3. The highest BCUT2D eigenvalue weighted by atomic mass is 16.6. The highest BCUT2D eigenvalue weighted by Gasteiger charge is 2.29. The van der Waals surface area contributed by atoms with Crippen LogP contribution < -0.4 is 10.6 Å². The number of hydrogen-bond donors (Lipinski definition) is 2. The Kier molecular flexibility index (Phi) is 10.8. The Balaban J connectivity index is 1.88. The number of ketones is 1. The van der Waals surface area contributed by atoms with Crippen molar-refractivity contribution in [1.29, 1.82) is 0 Å². The average molecular weight is 469 g/mol. The third-order valence-electron chi connectivity index (χ3n) is 5.41. The fourth-order valence-electron chi connectivity index (χ4n) is 3.17. The summed E-state index contributed by atoms with van der Waals surface area (Å²) in [4.78, 5) is 49.2. The Morgan fingerprint density at radius 2 is 1.44 bits per heavy atom. The van der Waals surface area contributed by atoms with Crippen LogP contribution in [0.4, 0.5) is 4.79 Å². The lowest BCUT2D eigenvalue weighted by Gasteiger charge is -2.22. The molecule has 0 saturated heterocycles. The molecule has 8 nitrogen and oxygen atoms in total. The van der Waals surface area contributed by atoms with Crippen LogP contribution in [0.2, 0.25) is 0 Å². The van der Waals surface area contributed by atoms with E-state index >= 15 is 0 Å². The van der Waals surface area contributed by atoms with Gasteiger partial charge < -0.3 is 20.1 Å². The van der Waals surface area contributed by atoms with E-state index in [1.807, 2.05) is 67.6 Å². The molecule has 0 aliphatic heterocycles. The quantitative estimate of drug-likeness (QED) is 0.463. The Morgan fingerprint density at radius 1 is 0.853 bits per heavy atom. The SMILES string of the molecule is CC[C@H](C)[C@@H](NC(=O)OCc1ccccc1)C(=O)OCC(=O)N[C@@H](Cc1ccccc1)C(C)=O. The van der Waals surface area contributed by atoms with E-state index in [-0.39, 0.29) is 18.3 Å². The van der Waals surface area contributed by atoms with Gasteiger partial charge in [0.25, 0.3) is 5.91 Å². The lowest BCUT2D eigenvalue weighted by Crippen LogP contribution is -2.48. The van der Waals surface area contributed by atoms with Gasteiger partial charge in [-0.15, -0.1) is 0 Å². The predicted octanol–water partition coefficient (Wildman–Crippen LogP) is 3.19. The summed E-state index contributed by atoms with van der Waals surface area (Å²) in [5.74, 6) is -1.80. The number of ether oxygens (including phenoxy) is 2. The molecule has 0 saturated carbocycles. The van der Waals surface area contributed by atoms with Crippen molar-refractivity contribution >= 4 is 23.8 Å². The molecule has 0 heterocycles. The van der Waals surface area contributed by atoms with E-state index in [0.717, 1.165) is 11.1 Å². The number of alkyl carbamates (subject to hydrolysis) is 1. The van der Waals surface area contributed by atoms with Crippen molar-refractivity contribution in [2.45, 2.75) is 52.3 Å². The number of esters is 1. The van der Waals surface area contributed by atoms with Gasteiger partial charge in [-0.3, -0.25) is 9.59 Å². The molecule has 0 unspecified atom stereocenters. The molecule has 0 radical (unpaired) electrons. The zero-order valence-electron chi connectivity index (χ0n) is 19.8. The normalized spacial score (nSPS) is 13.1. The van der Waals surface area contributed by atoms with Crippen molar-refractivity contribution in [1.82, 2.24) is 10.6 Å². The molecule has 8 heteroatoms. The Labute approximate surface area is 200 Å². The first-order valence-corrected chi connectivity index (χ1v) is 11.3. The number of nitrogens with one attached hydrogen (secondary N) is 2. The predicted molar refractivity (Wildman–Crippen MR) is 127 cm³/mol. The number of carbonyl (C=O) groups is 4. The van der Waals surface area contributed by atoms with E-state index in [9.17, 15) is 19.2 Å².